The molecular weight excluding hydrogens is 265 g/mol. The molecule has 1 aromatic rings. The van der Waals surface area contributed by atoms with Gasteiger partial charge in [0.25, 0.3) is 5.91 Å². The third-order valence-electron chi connectivity index (χ3n) is 2.82. The molecule has 0 spiro atoms. The lowest BCUT2D eigenvalue weighted by Gasteiger charge is -2.13. The number of amides is 1. The summed E-state index contributed by atoms with van der Waals surface area (Å²) in [6.07, 6.45) is 1.10. The Morgan fingerprint density at radius 3 is 2.70 bits per heavy atom. The van der Waals surface area contributed by atoms with E-state index in [4.69, 9.17) is 9.84 Å². The maximum Gasteiger partial charge on any atom is 0.303 e. The SMILES string of the molecule is COc1ccc(C(=O)NC(C)CCCC(=O)O)cc1F. The van der Waals surface area contributed by atoms with Gasteiger partial charge in [-0.2, -0.15) is 0 Å². The highest BCUT2D eigenvalue weighted by Crippen LogP contribution is 2.17. The molecule has 0 aliphatic carbocycles. The highest BCUT2D eigenvalue weighted by Gasteiger charge is 2.12. The van der Waals surface area contributed by atoms with Crippen LogP contribution in [0.15, 0.2) is 18.2 Å². The molecule has 110 valence electrons. The van der Waals surface area contributed by atoms with Crippen molar-refractivity contribution in [1.82, 2.24) is 5.32 Å². The Hall–Kier alpha value is -2.11. The number of nitrogens with one attached hydrogen (secondary N) is 1. The minimum absolute atomic E-state index is 0.0668. The Bertz CT molecular complexity index is 490. The summed E-state index contributed by atoms with van der Waals surface area (Å²) in [5, 5.41) is 11.2. The molecule has 0 aromatic heterocycles. The molecule has 0 aliphatic heterocycles. The van der Waals surface area contributed by atoms with E-state index in [1.54, 1.807) is 6.92 Å². The average molecular weight is 283 g/mol. The van der Waals surface area contributed by atoms with Gasteiger partial charge in [-0.15, -0.1) is 0 Å². The van der Waals surface area contributed by atoms with Crippen molar-refractivity contribution in [2.24, 2.45) is 0 Å². The number of carbonyl (C=O) groups excluding carboxylic acids is 1. The molecular formula is C14H18FNO4. The van der Waals surface area contributed by atoms with Crippen molar-refractivity contribution in [3.63, 3.8) is 0 Å². The van der Waals surface area contributed by atoms with Gasteiger partial charge in [0, 0.05) is 18.0 Å². The second kappa shape index (κ2) is 7.47. The molecule has 0 bridgehead atoms. The monoisotopic (exact) mass is 283 g/mol. The summed E-state index contributed by atoms with van der Waals surface area (Å²) in [6.45, 7) is 1.78. The topological polar surface area (TPSA) is 75.6 Å². The van der Waals surface area contributed by atoms with Crippen LogP contribution in [-0.4, -0.2) is 30.1 Å². The summed E-state index contributed by atoms with van der Waals surface area (Å²) in [4.78, 5) is 22.3. The van der Waals surface area contributed by atoms with E-state index in [0.29, 0.717) is 12.8 Å². The number of benzene rings is 1. The number of carboxylic acids is 1. The molecule has 0 saturated carbocycles. The van der Waals surface area contributed by atoms with Crippen LogP contribution in [0.4, 0.5) is 4.39 Å². The lowest BCUT2D eigenvalue weighted by Crippen LogP contribution is -2.32. The van der Waals surface area contributed by atoms with E-state index in [2.05, 4.69) is 5.32 Å². The third kappa shape index (κ3) is 4.87. The summed E-state index contributed by atoms with van der Waals surface area (Å²) in [7, 11) is 1.35. The largest absolute Gasteiger partial charge is 0.494 e. The van der Waals surface area contributed by atoms with Gasteiger partial charge in [-0.1, -0.05) is 0 Å². The van der Waals surface area contributed by atoms with Crippen molar-refractivity contribution in [1.29, 1.82) is 0 Å². The van der Waals surface area contributed by atoms with Crippen LogP contribution in [0, 0.1) is 5.82 Å². The zero-order valence-electron chi connectivity index (χ0n) is 11.5. The smallest absolute Gasteiger partial charge is 0.303 e. The Labute approximate surface area is 116 Å². The third-order valence-corrected chi connectivity index (χ3v) is 2.82. The Morgan fingerprint density at radius 2 is 2.15 bits per heavy atom. The number of rotatable bonds is 7. The molecule has 0 fully saturated rings. The number of hydrogen-bond acceptors (Lipinski definition) is 3. The van der Waals surface area contributed by atoms with Crippen LogP contribution in [0.3, 0.4) is 0 Å². The van der Waals surface area contributed by atoms with Crippen molar-refractivity contribution in [3.05, 3.63) is 29.6 Å². The van der Waals surface area contributed by atoms with E-state index in [-0.39, 0.29) is 23.8 Å². The molecule has 1 unspecified atom stereocenters. The van der Waals surface area contributed by atoms with E-state index in [0.717, 1.165) is 6.07 Å². The lowest BCUT2D eigenvalue weighted by molar-refractivity contribution is -0.137. The minimum Gasteiger partial charge on any atom is -0.494 e. The van der Waals surface area contributed by atoms with Gasteiger partial charge >= 0.3 is 5.97 Å². The normalized spacial score (nSPS) is 11.8. The van der Waals surface area contributed by atoms with Crippen molar-refractivity contribution < 1.29 is 23.8 Å². The van der Waals surface area contributed by atoms with Crippen molar-refractivity contribution in [3.8, 4) is 5.75 Å². The molecule has 0 radical (unpaired) electrons. The van der Waals surface area contributed by atoms with Crippen LogP contribution in [0.25, 0.3) is 0 Å². The summed E-state index contributed by atoms with van der Waals surface area (Å²) in [5.41, 5.74) is 0.202. The highest BCUT2D eigenvalue weighted by molar-refractivity contribution is 5.94. The molecule has 2 N–H and O–H groups in total. The number of carbonyl (C=O) groups is 2. The Balaban J connectivity index is 2.53. The van der Waals surface area contributed by atoms with E-state index >= 15 is 0 Å². The van der Waals surface area contributed by atoms with Gasteiger partial charge in [0.2, 0.25) is 0 Å². The molecule has 1 atom stereocenters. The maximum atomic E-state index is 13.5. The minimum atomic E-state index is -0.860. The first-order valence-electron chi connectivity index (χ1n) is 6.30. The predicted molar refractivity (Wildman–Crippen MR) is 71.4 cm³/mol. The van der Waals surface area contributed by atoms with Crippen molar-refractivity contribution in [2.75, 3.05) is 7.11 Å². The molecule has 5 nitrogen and oxygen atoms in total. The fraction of sp³-hybridized carbons (Fsp3) is 0.429. The van der Waals surface area contributed by atoms with Crippen LogP contribution >= 0.6 is 0 Å². The molecule has 1 amide bonds. The van der Waals surface area contributed by atoms with Gasteiger partial charge in [0.1, 0.15) is 0 Å². The Kier molecular flexibility index (Phi) is 5.96. The fourth-order valence-electron chi connectivity index (χ4n) is 1.75. The zero-order valence-corrected chi connectivity index (χ0v) is 11.5. The van der Waals surface area contributed by atoms with Gasteiger partial charge in [-0.05, 0) is 38.0 Å². The summed E-state index contributed by atoms with van der Waals surface area (Å²) < 4.78 is 18.2. The first-order valence-corrected chi connectivity index (χ1v) is 6.30. The number of halogens is 1. The van der Waals surface area contributed by atoms with Crippen molar-refractivity contribution >= 4 is 11.9 Å². The number of methoxy groups -OCH3 is 1. The Morgan fingerprint density at radius 1 is 1.45 bits per heavy atom. The van der Waals surface area contributed by atoms with Crippen LogP contribution in [-0.2, 0) is 4.79 Å². The van der Waals surface area contributed by atoms with E-state index in [1.165, 1.54) is 19.2 Å². The number of ether oxygens (including phenoxy) is 1. The first kappa shape index (κ1) is 15.9. The molecule has 0 aliphatic rings. The molecule has 6 heteroatoms. The van der Waals surface area contributed by atoms with Crippen LogP contribution in [0.2, 0.25) is 0 Å². The number of carboxylic acid groups (broad SMARTS) is 1. The fourth-order valence-corrected chi connectivity index (χ4v) is 1.75. The van der Waals surface area contributed by atoms with Gasteiger partial charge in [-0.3, -0.25) is 9.59 Å². The van der Waals surface area contributed by atoms with Gasteiger partial charge < -0.3 is 15.2 Å². The average Bonchev–Trinajstić information content (AvgIpc) is 2.38. The zero-order chi connectivity index (χ0) is 15.1. The summed E-state index contributed by atoms with van der Waals surface area (Å²) in [6, 6.07) is 3.80. The quantitative estimate of drug-likeness (QED) is 0.804. The number of aliphatic carboxylic acids is 1. The second-order valence-electron chi connectivity index (χ2n) is 4.51. The molecule has 1 aromatic carbocycles. The highest BCUT2D eigenvalue weighted by atomic mass is 19.1. The van der Waals surface area contributed by atoms with E-state index in [9.17, 15) is 14.0 Å². The van der Waals surface area contributed by atoms with E-state index < -0.39 is 17.7 Å². The lowest BCUT2D eigenvalue weighted by atomic mass is 10.1. The van der Waals surface area contributed by atoms with Gasteiger partial charge in [-0.25, -0.2) is 4.39 Å². The molecule has 0 heterocycles. The van der Waals surface area contributed by atoms with Crippen LogP contribution in [0.1, 0.15) is 36.5 Å². The second-order valence-corrected chi connectivity index (χ2v) is 4.51. The van der Waals surface area contributed by atoms with Crippen LogP contribution < -0.4 is 10.1 Å². The number of hydrogen-bond donors (Lipinski definition) is 2. The van der Waals surface area contributed by atoms with Crippen LogP contribution in [0.5, 0.6) is 5.75 Å². The van der Waals surface area contributed by atoms with Gasteiger partial charge in [0.05, 0.1) is 7.11 Å². The predicted octanol–water partition coefficient (Wildman–Crippen LogP) is 2.21. The first-order chi connectivity index (χ1) is 9.43. The molecule has 20 heavy (non-hydrogen) atoms. The standard InChI is InChI=1S/C14H18FNO4/c1-9(4-3-5-13(17)18)16-14(19)10-6-7-12(20-2)11(15)8-10/h6-9H,3-5H2,1-2H3,(H,16,19)(H,17,18). The van der Waals surface area contributed by atoms with Crippen molar-refractivity contribution in [2.45, 2.75) is 32.2 Å². The molecule has 0 saturated heterocycles. The summed E-state index contributed by atoms with van der Waals surface area (Å²) >= 11 is 0. The van der Waals surface area contributed by atoms with E-state index in [1.807, 2.05) is 0 Å². The van der Waals surface area contributed by atoms with Gasteiger partial charge in [0.15, 0.2) is 11.6 Å². The summed E-state index contributed by atoms with van der Waals surface area (Å²) in [5.74, 6) is -1.77. The molecule has 1 rings (SSSR count). The maximum absolute atomic E-state index is 13.5.